The molecule has 1 unspecified atom stereocenters. The fourth-order valence-corrected chi connectivity index (χ4v) is 3.53. The summed E-state index contributed by atoms with van der Waals surface area (Å²) in [5.41, 5.74) is 2.02. The van der Waals surface area contributed by atoms with Gasteiger partial charge in [-0.2, -0.15) is 0 Å². The molecule has 0 saturated heterocycles. The van der Waals surface area contributed by atoms with Gasteiger partial charge >= 0.3 is 0 Å². The van der Waals surface area contributed by atoms with Crippen LogP contribution in [0.25, 0.3) is 0 Å². The van der Waals surface area contributed by atoms with Gasteiger partial charge in [-0.1, -0.05) is 13.0 Å². The number of pyridine rings is 1. The van der Waals surface area contributed by atoms with Crippen LogP contribution >= 0.6 is 0 Å². The van der Waals surface area contributed by atoms with Gasteiger partial charge in [-0.15, -0.1) is 0 Å². The summed E-state index contributed by atoms with van der Waals surface area (Å²) in [5, 5.41) is 3.26. The molecule has 0 aliphatic heterocycles. The predicted octanol–water partition coefficient (Wildman–Crippen LogP) is 0.880. The highest BCUT2D eigenvalue weighted by Gasteiger charge is 2.22. The summed E-state index contributed by atoms with van der Waals surface area (Å²) in [4.78, 5) is 12.0. The van der Waals surface area contributed by atoms with Crippen LogP contribution in [-0.2, 0) is 22.8 Å². The first-order valence-electron chi connectivity index (χ1n) is 7.09. The molecule has 0 aromatic carbocycles. The highest BCUT2D eigenvalue weighted by atomic mass is 32.2. The second kappa shape index (κ2) is 6.10. The zero-order valence-corrected chi connectivity index (χ0v) is 12.9. The Morgan fingerprint density at radius 1 is 1.40 bits per heavy atom. The molecule has 2 rings (SSSR count). The lowest BCUT2D eigenvalue weighted by atomic mass is 9.91. The fraction of sp³-hybridized carbons (Fsp3) is 0.643. The van der Waals surface area contributed by atoms with Gasteiger partial charge in [-0.05, 0) is 31.9 Å². The topological polar surface area (TPSA) is 68.2 Å². The van der Waals surface area contributed by atoms with E-state index in [0.717, 1.165) is 30.5 Å². The van der Waals surface area contributed by atoms with Gasteiger partial charge in [0.15, 0.2) is 9.84 Å². The van der Waals surface area contributed by atoms with E-state index in [0.29, 0.717) is 0 Å². The van der Waals surface area contributed by atoms with Gasteiger partial charge in [0.1, 0.15) is 0 Å². The van der Waals surface area contributed by atoms with Crippen LogP contribution in [0, 0.1) is 0 Å². The second-order valence-corrected chi connectivity index (χ2v) is 7.67. The van der Waals surface area contributed by atoms with E-state index in [4.69, 9.17) is 0 Å². The number of rotatable bonds is 5. The van der Waals surface area contributed by atoms with Gasteiger partial charge in [-0.3, -0.25) is 4.79 Å². The van der Waals surface area contributed by atoms with E-state index in [-0.39, 0.29) is 29.7 Å². The van der Waals surface area contributed by atoms with Crippen molar-refractivity contribution >= 4 is 9.84 Å². The molecule has 20 heavy (non-hydrogen) atoms. The molecule has 1 N–H and O–H groups in total. The van der Waals surface area contributed by atoms with Crippen molar-refractivity contribution in [2.75, 3.05) is 18.6 Å². The highest BCUT2D eigenvalue weighted by Crippen LogP contribution is 2.28. The van der Waals surface area contributed by atoms with E-state index in [2.05, 4.69) is 5.32 Å². The Morgan fingerprint density at radius 2 is 2.15 bits per heavy atom. The van der Waals surface area contributed by atoms with Gasteiger partial charge in [0.05, 0.1) is 5.75 Å². The molecule has 1 atom stereocenters. The van der Waals surface area contributed by atoms with Crippen LogP contribution in [0.15, 0.2) is 16.9 Å². The second-order valence-electron chi connectivity index (χ2n) is 5.20. The third-order valence-corrected chi connectivity index (χ3v) is 5.71. The zero-order chi connectivity index (χ0) is 14.8. The van der Waals surface area contributed by atoms with E-state index in [1.54, 1.807) is 17.6 Å². The molecule has 6 heteroatoms. The van der Waals surface area contributed by atoms with E-state index in [1.165, 1.54) is 0 Å². The van der Waals surface area contributed by atoms with E-state index in [1.807, 2.05) is 13.1 Å². The van der Waals surface area contributed by atoms with Crippen molar-refractivity contribution in [3.05, 3.63) is 33.7 Å². The zero-order valence-electron chi connectivity index (χ0n) is 12.1. The van der Waals surface area contributed by atoms with Gasteiger partial charge in [0.25, 0.3) is 5.56 Å². The van der Waals surface area contributed by atoms with Crippen molar-refractivity contribution in [2.24, 2.45) is 0 Å². The molecule has 1 aliphatic carbocycles. The molecular weight excluding hydrogens is 276 g/mol. The van der Waals surface area contributed by atoms with Gasteiger partial charge < -0.3 is 9.88 Å². The maximum atomic E-state index is 12.0. The van der Waals surface area contributed by atoms with Crippen LogP contribution < -0.4 is 10.9 Å². The molecule has 0 spiro atoms. The Bertz CT molecular complexity index is 634. The molecule has 0 fully saturated rings. The number of fused-ring (bicyclic) bond motifs is 1. The van der Waals surface area contributed by atoms with E-state index in [9.17, 15) is 13.2 Å². The summed E-state index contributed by atoms with van der Waals surface area (Å²) >= 11 is 0. The standard InChI is InChI=1S/C14H22N2O3S/c1-3-20(18,19)10-9-16-13-6-4-5-12(15-2)11(13)7-8-14(16)17/h7-8,12,15H,3-6,9-10H2,1-2H3. The number of nitrogens with one attached hydrogen (secondary N) is 1. The molecule has 112 valence electrons. The number of hydrogen-bond donors (Lipinski definition) is 1. The van der Waals surface area contributed by atoms with Crippen LogP contribution in [0.4, 0.5) is 0 Å². The third kappa shape index (κ3) is 3.12. The molecule has 0 bridgehead atoms. The lowest BCUT2D eigenvalue weighted by molar-refractivity contribution is 0.470. The number of hydrogen-bond acceptors (Lipinski definition) is 4. The largest absolute Gasteiger partial charge is 0.313 e. The molecule has 5 nitrogen and oxygen atoms in total. The van der Waals surface area contributed by atoms with Crippen molar-refractivity contribution in [2.45, 2.75) is 38.8 Å². The van der Waals surface area contributed by atoms with Gasteiger partial charge in [0, 0.05) is 30.1 Å². The fourth-order valence-electron chi connectivity index (χ4n) is 2.78. The van der Waals surface area contributed by atoms with Crippen LogP contribution in [-0.4, -0.2) is 31.5 Å². The minimum Gasteiger partial charge on any atom is -0.313 e. The average molecular weight is 298 g/mol. The molecule has 0 radical (unpaired) electrons. The van der Waals surface area contributed by atoms with Crippen molar-refractivity contribution in [3.8, 4) is 0 Å². The Kier molecular flexibility index (Phi) is 4.65. The first-order chi connectivity index (χ1) is 9.48. The lowest BCUT2D eigenvalue weighted by Crippen LogP contribution is -2.32. The van der Waals surface area contributed by atoms with Crippen LogP contribution in [0.5, 0.6) is 0 Å². The maximum absolute atomic E-state index is 12.0. The van der Waals surface area contributed by atoms with E-state index < -0.39 is 9.84 Å². The summed E-state index contributed by atoms with van der Waals surface area (Å²) in [6.07, 6.45) is 2.91. The average Bonchev–Trinajstić information content (AvgIpc) is 2.45. The number of nitrogens with zero attached hydrogens (tertiary/aromatic N) is 1. The third-order valence-electron chi connectivity index (χ3n) is 4.03. The Hall–Kier alpha value is -1.14. The summed E-state index contributed by atoms with van der Waals surface area (Å²) in [6, 6.07) is 3.68. The molecule has 1 heterocycles. The lowest BCUT2D eigenvalue weighted by Gasteiger charge is -2.27. The molecular formula is C14H22N2O3S. The molecule has 0 amide bonds. The molecule has 0 saturated carbocycles. The van der Waals surface area contributed by atoms with E-state index >= 15 is 0 Å². The van der Waals surface area contributed by atoms with Crippen molar-refractivity contribution in [1.29, 1.82) is 0 Å². The van der Waals surface area contributed by atoms with Crippen LogP contribution in [0.2, 0.25) is 0 Å². The summed E-state index contributed by atoms with van der Waals surface area (Å²) in [6.45, 7) is 1.89. The minimum absolute atomic E-state index is 0.0318. The Morgan fingerprint density at radius 3 is 2.80 bits per heavy atom. The Labute approximate surface area is 119 Å². The summed E-state index contributed by atoms with van der Waals surface area (Å²) in [5.74, 6) is 0.153. The van der Waals surface area contributed by atoms with Gasteiger partial charge in [-0.25, -0.2) is 8.42 Å². The molecule has 1 aromatic rings. The van der Waals surface area contributed by atoms with Crippen molar-refractivity contribution < 1.29 is 8.42 Å². The summed E-state index contributed by atoms with van der Waals surface area (Å²) < 4.78 is 24.9. The van der Waals surface area contributed by atoms with Gasteiger partial charge in [0.2, 0.25) is 0 Å². The van der Waals surface area contributed by atoms with Crippen molar-refractivity contribution in [1.82, 2.24) is 9.88 Å². The predicted molar refractivity (Wildman–Crippen MR) is 79.8 cm³/mol. The first kappa shape index (κ1) is 15.3. The smallest absolute Gasteiger partial charge is 0.250 e. The van der Waals surface area contributed by atoms with Crippen molar-refractivity contribution in [3.63, 3.8) is 0 Å². The molecule has 1 aliphatic rings. The Balaban J connectivity index is 2.36. The van der Waals surface area contributed by atoms with Crippen LogP contribution in [0.1, 0.15) is 37.1 Å². The summed E-state index contributed by atoms with van der Waals surface area (Å²) in [7, 11) is -1.14. The quantitative estimate of drug-likeness (QED) is 0.876. The minimum atomic E-state index is -3.06. The van der Waals surface area contributed by atoms with Crippen LogP contribution in [0.3, 0.4) is 0 Å². The highest BCUT2D eigenvalue weighted by molar-refractivity contribution is 7.91. The molecule has 1 aromatic heterocycles. The first-order valence-corrected chi connectivity index (χ1v) is 8.91. The number of aromatic nitrogens is 1. The normalized spacial score (nSPS) is 18.8. The monoisotopic (exact) mass is 298 g/mol. The SMILES string of the molecule is CCS(=O)(=O)CCn1c2c(ccc1=O)C(NC)CCC2. The maximum Gasteiger partial charge on any atom is 0.250 e. The number of sulfone groups is 1.